The van der Waals surface area contributed by atoms with Gasteiger partial charge >= 0.3 is 0 Å². The Morgan fingerprint density at radius 2 is 1.86 bits per heavy atom. The van der Waals surface area contributed by atoms with Gasteiger partial charge in [-0.1, -0.05) is 37.6 Å². The van der Waals surface area contributed by atoms with Gasteiger partial charge in [-0.3, -0.25) is 0 Å². The minimum absolute atomic E-state index is 0.111. The second-order valence-corrected chi connectivity index (χ2v) is 8.92. The Kier molecular flexibility index (Phi) is 3.20. The lowest BCUT2D eigenvalue weighted by Gasteiger charge is -2.58. The Hall–Kier alpha value is -0.600. The van der Waals surface area contributed by atoms with Crippen molar-refractivity contribution in [3.63, 3.8) is 0 Å². The first-order valence-corrected chi connectivity index (χ1v) is 9.10. The highest BCUT2D eigenvalue weighted by Gasteiger charge is 2.59. The second kappa shape index (κ2) is 4.70. The van der Waals surface area contributed by atoms with E-state index in [0.717, 1.165) is 19.3 Å². The Balaban J connectivity index is 1.76. The molecule has 0 unspecified atom stereocenters. The van der Waals surface area contributed by atoms with Gasteiger partial charge in [0, 0.05) is 0 Å². The molecule has 2 saturated carbocycles. The number of allylic oxidation sites excluding steroid dienone is 3. The number of rotatable bonds is 0. The zero-order valence-electron chi connectivity index (χ0n) is 14.1. The van der Waals surface area contributed by atoms with Crippen molar-refractivity contribution in [3.05, 3.63) is 23.8 Å². The van der Waals surface area contributed by atoms with E-state index >= 15 is 0 Å². The highest BCUT2D eigenvalue weighted by atomic mass is 16.3. The molecule has 4 aliphatic carbocycles. The van der Waals surface area contributed by atoms with Gasteiger partial charge in [0.1, 0.15) is 0 Å². The molecule has 2 N–H and O–H groups in total. The van der Waals surface area contributed by atoms with Crippen molar-refractivity contribution in [3.8, 4) is 0 Å². The summed E-state index contributed by atoms with van der Waals surface area (Å²) in [5.41, 5.74) is 1.84. The number of aliphatic hydroxyl groups excluding tert-OH is 2. The van der Waals surface area contributed by atoms with Crippen molar-refractivity contribution in [1.82, 2.24) is 0 Å². The molecule has 8 atom stereocenters. The summed E-state index contributed by atoms with van der Waals surface area (Å²) in [6.45, 7) is 7.04. The van der Waals surface area contributed by atoms with Gasteiger partial charge in [-0.2, -0.15) is 0 Å². The zero-order valence-corrected chi connectivity index (χ0v) is 14.1. The molecule has 0 aliphatic heterocycles. The van der Waals surface area contributed by atoms with Crippen LogP contribution in [-0.2, 0) is 0 Å². The van der Waals surface area contributed by atoms with E-state index in [-0.39, 0.29) is 23.0 Å². The summed E-state index contributed by atoms with van der Waals surface area (Å²) < 4.78 is 0. The van der Waals surface area contributed by atoms with Gasteiger partial charge in [0.15, 0.2) is 0 Å². The van der Waals surface area contributed by atoms with E-state index in [4.69, 9.17) is 0 Å². The van der Waals surface area contributed by atoms with Crippen molar-refractivity contribution < 1.29 is 10.2 Å². The van der Waals surface area contributed by atoms with Gasteiger partial charge < -0.3 is 10.2 Å². The normalized spacial score (nSPS) is 56.9. The Bertz CT molecular complexity index is 536. The van der Waals surface area contributed by atoms with Crippen molar-refractivity contribution in [2.24, 2.45) is 34.5 Å². The molecule has 0 aromatic carbocycles. The molecule has 0 spiro atoms. The van der Waals surface area contributed by atoms with Crippen LogP contribution in [0.15, 0.2) is 23.8 Å². The first-order chi connectivity index (χ1) is 10.4. The molecule has 0 heterocycles. The van der Waals surface area contributed by atoms with Crippen LogP contribution in [0.25, 0.3) is 0 Å². The molecule has 122 valence electrons. The average Bonchev–Trinajstić information content (AvgIpc) is 2.77. The highest BCUT2D eigenvalue weighted by Crippen LogP contribution is 2.64. The standard InChI is InChI=1S/C20H30O2/c1-12-10-13-11-14(21)6-8-19(13,2)16-7-9-20(3)15(18(12)16)4-5-17(20)22/h6,8,10,13-18,21-22H,4-5,7,9,11H2,1-3H3/t13-,14+,15+,16+,17+,18+,19+,20+/m1/s1. The lowest BCUT2D eigenvalue weighted by molar-refractivity contribution is -0.0626. The SMILES string of the molecule is CC1=C[C@@H]2C[C@@H](O)C=C[C@]2(C)[C@H]2CC[C@]3(C)[C@@H](O)CC[C@H]3[C@H]12. The van der Waals surface area contributed by atoms with Crippen LogP contribution in [0.3, 0.4) is 0 Å². The quantitative estimate of drug-likeness (QED) is 0.670. The minimum Gasteiger partial charge on any atom is -0.393 e. The minimum atomic E-state index is -0.277. The third-order valence-electron chi connectivity index (χ3n) is 7.98. The summed E-state index contributed by atoms with van der Waals surface area (Å²) in [5.74, 6) is 2.41. The summed E-state index contributed by atoms with van der Waals surface area (Å²) in [6, 6.07) is 0. The second-order valence-electron chi connectivity index (χ2n) is 8.92. The van der Waals surface area contributed by atoms with Crippen LogP contribution in [0.1, 0.15) is 52.9 Å². The molecule has 4 aliphatic rings. The summed E-state index contributed by atoms with van der Waals surface area (Å²) >= 11 is 0. The molecule has 2 nitrogen and oxygen atoms in total. The molecule has 0 bridgehead atoms. The van der Waals surface area contributed by atoms with E-state index in [1.807, 2.05) is 6.08 Å². The maximum Gasteiger partial charge on any atom is 0.0727 e. The largest absolute Gasteiger partial charge is 0.393 e. The number of hydrogen-bond donors (Lipinski definition) is 2. The van der Waals surface area contributed by atoms with Gasteiger partial charge in [-0.05, 0) is 73.5 Å². The maximum atomic E-state index is 10.5. The van der Waals surface area contributed by atoms with E-state index < -0.39 is 0 Å². The van der Waals surface area contributed by atoms with Crippen molar-refractivity contribution in [2.45, 2.75) is 65.1 Å². The fourth-order valence-electron chi connectivity index (χ4n) is 6.55. The van der Waals surface area contributed by atoms with E-state index in [1.165, 1.54) is 18.4 Å². The van der Waals surface area contributed by atoms with Crippen molar-refractivity contribution >= 4 is 0 Å². The van der Waals surface area contributed by atoms with Crippen LogP contribution in [-0.4, -0.2) is 22.4 Å². The number of aliphatic hydroxyl groups is 2. The molecule has 2 heteroatoms. The molecule has 22 heavy (non-hydrogen) atoms. The summed E-state index contributed by atoms with van der Waals surface area (Å²) in [5, 5.41) is 20.5. The molecule has 4 rings (SSSR count). The fraction of sp³-hybridized carbons (Fsp3) is 0.800. The summed E-state index contributed by atoms with van der Waals surface area (Å²) in [6.07, 6.45) is 11.8. The zero-order chi connectivity index (χ0) is 15.7. The van der Waals surface area contributed by atoms with Gasteiger partial charge in [0.25, 0.3) is 0 Å². The highest BCUT2D eigenvalue weighted by molar-refractivity contribution is 5.28. The molecule has 0 aromatic rings. The third kappa shape index (κ3) is 1.80. The molecule has 0 aromatic heterocycles. The van der Waals surface area contributed by atoms with E-state index in [9.17, 15) is 10.2 Å². The van der Waals surface area contributed by atoms with E-state index in [2.05, 4.69) is 32.9 Å². The summed E-state index contributed by atoms with van der Waals surface area (Å²) in [4.78, 5) is 0. The van der Waals surface area contributed by atoms with E-state index in [0.29, 0.717) is 23.7 Å². The van der Waals surface area contributed by atoms with Crippen LogP contribution in [0, 0.1) is 34.5 Å². The van der Waals surface area contributed by atoms with E-state index in [1.54, 1.807) is 0 Å². The van der Waals surface area contributed by atoms with Crippen LogP contribution in [0.2, 0.25) is 0 Å². The van der Waals surface area contributed by atoms with Gasteiger partial charge in [-0.25, -0.2) is 0 Å². The molecule has 0 amide bonds. The number of fused-ring (bicyclic) bond motifs is 5. The monoisotopic (exact) mass is 302 g/mol. The summed E-state index contributed by atoms with van der Waals surface area (Å²) in [7, 11) is 0. The lowest BCUT2D eigenvalue weighted by Crippen LogP contribution is -2.52. The molecule has 2 fully saturated rings. The molecular formula is C20H30O2. The number of hydrogen-bond acceptors (Lipinski definition) is 2. The van der Waals surface area contributed by atoms with Gasteiger partial charge in [0.2, 0.25) is 0 Å². The van der Waals surface area contributed by atoms with Crippen LogP contribution >= 0.6 is 0 Å². The fourth-order valence-corrected chi connectivity index (χ4v) is 6.55. The molecule has 0 saturated heterocycles. The van der Waals surface area contributed by atoms with Crippen LogP contribution in [0.5, 0.6) is 0 Å². The van der Waals surface area contributed by atoms with Crippen LogP contribution < -0.4 is 0 Å². The predicted molar refractivity (Wildman–Crippen MR) is 88.2 cm³/mol. The third-order valence-corrected chi connectivity index (χ3v) is 7.98. The van der Waals surface area contributed by atoms with Crippen molar-refractivity contribution in [1.29, 1.82) is 0 Å². The Morgan fingerprint density at radius 1 is 1.09 bits per heavy atom. The van der Waals surface area contributed by atoms with Crippen LogP contribution in [0.4, 0.5) is 0 Å². The lowest BCUT2D eigenvalue weighted by atomic mass is 9.47. The molecule has 0 radical (unpaired) electrons. The van der Waals surface area contributed by atoms with Gasteiger partial charge in [-0.15, -0.1) is 0 Å². The molecular weight excluding hydrogens is 272 g/mol. The first kappa shape index (κ1) is 15.0. The average molecular weight is 302 g/mol. The van der Waals surface area contributed by atoms with Gasteiger partial charge in [0.05, 0.1) is 12.2 Å². The van der Waals surface area contributed by atoms with Crippen molar-refractivity contribution in [2.75, 3.05) is 0 Å². The Morgan fingerprint density at radius 3 is 2.64 bits per heavy atom. The Labute approximate surface area is 134 Å². The topological polar surface area (TPSA) is 40.5 Å². The predicted octanol–water partition coefficient (Wildman–Crippen LogP) is 3.69. The first-order valence-electron chi connectivity index (χ1n) is 9.10. The smallest absolute Gasteiger partial charge is 0.0727 e. The maximum absolute atomic E-state index is 10.5.